The summed E-state index contributed by atoms with van der Waals surface area (Å²) in [5.41, 5.74) is 5.55. The highest BCUT2D eigenvalue weighted by atomic mass is 19.1. The molecule has 2 aromatic heterocycles. The molecule has 0 unspecified atom stereocenters. The quantitative estimate of drug-likeness (QED) is 0.409. The maximum Gasteiger partial charge on any atom is 0.294 e. The number of aromatic nitrogens is 3. The molecule has 0 aliphatic rings. The molecule has 2 amide bonds. The molecule has 0 bridgehead atoms. The lowest BCUT2D eigenvalue weighted by Gasteiger charge is -2.04. The molecular weight excluding hydrogens is 365 g/mol. The second-order valence-corrected chi connectivity index (χ2v) is 5.97. The van der Waals surface area contributed by atoms with E-state index in [4.69, 9.17) is 0 Å². The Balaban J connectivity index is 1.46. The van der Waals surface area contributed by atoms with Gasteiger partial charge in [0.05, 0.1) is 11.9 Å². The number of hydrazine groups is 1. The summed E-state index contributed by atoms with van der Waals surface area (Å²) in [6.45, 7) is 0. The number of aromatic hydroxyl groups is 1. The first-order valence-electron chi connectivity index (χ1n) is 8.24. The zero-order valence-corrected chi connectivity index (χ0v) is 14.3. The summed E-state index contributed by atoms with van der Waals surface area (Å²) in [6.07, 6.45) is 1.29. The largest absolute Gasteiger partial charge is 0.504 e. The number of hydrogen-bond acceptors (Lipinski definition) is 4. The molecule has 0 saturated carbocycles. The van der Waals surface area contributed by atoms with Gasteiger partial charge < -0.3 is 10.1 Å². The Labute approximate surface area is 157 Å². The SMILES string of the molecule is O=C(NNC(=O)c1nn(-c2ccccc2)cc1O)c1cc2cc(F)ccc2[nH]1. The monoisotopic (exact) mass is 379 g/mol. The number of halogens is 1. The number of fused-ring (bicyclic) bond motifs is 1. The molecule has 28 heavy (non-hydrogen) atoms. The number of H-pyrrole nitrogens is 1. The first-order chi connectivity index (χ1) is 13.5. The van der Waals surface area contributed by atoms with Gasteiger partial charge in [-0.05, 0) is 36.4 Å². The van der Waals surface area contributed by atoms with E-state index >= 15 is 0 Å². The number of rotatable bonds is 3. The molecule has 9 heteroatoms. The third-order valence-electron chi connectivity index (χ3n) is 4.05. The van der Waals surface area contributed by atoms with Crippen molar-refractivity contribution < 1.29 is 19.1 Å². The third-order valence-corrected chi connectivity index (χ3v) is 4.05. The molecule has 8 nitrogen and oxygen atoms in total. The van der Waals surface area contributed by atoms with Crippen LogP contribution in [0.25, 0.3) is 16.6 Å². The lowest BCUT2D eigenvalue weighted by atomic mass is 10.2. The minimum Gasteiger partial charge on any atom is -0.504 e. The van der Waals surface area contributed by atoms with Crippen molar-refractivity contribution in [1.29, 1.82) is 0 Å². The number of carbonyl (C=O) groups excluding carboxylic acids is 2. The lowest BCUT2D eigenvalue weighted by molar-refractivity contribution is 0.0840. The van der Waals surface area contributed by atoms with Crippen LogP contribution in [0.5, 0.6) is 5.75 Å². The Hall–Kier alpha value is -4.14. The number of aromatic amines is 1. The summed E-state index contributed by atoms with van der Waals surface area (Å²) >= 11 is 0. The molecule has 0 aliphatic heterocycles. The van der Waals surface area contributed by atoms with Gasteiger partial charge in [-0.1, -0.05) is 18.2 Å². The molecule has 4 aromatic rings. The van der Waals surface area contributed by atoms with Crippen LogP contribution in [0, 0.1) is 5.82 Å². The molecule has 0 aliphatic carbocycles. The fourth-order valence-corrected chi connectivity index (χ4v) is 2.71. The van der Waals surface area contributed by atoms with Crippen molar-refractivity contribution in [2.24, 2.45) is 0 Å². The van der Waals surface area contributed by atoms with Crippen LogP contribution in [0.4, 0.5) is 4.39 Å². The highest BCUT2D eigenvalue weighted by Gasteiger charge is 2.18. The van der Waals surface area contributed by atoms with Crippen LogP contribution < -0.4 is 10.9 Å². The van der Waals surface area contributed by atoms with Gasteiger partial charge in [0.15, 0.2) is 11.4 Å². The van der Waals surface area contributed by atoms with E-state index in [0.717, 1.165) is 0 Å². The summed E-state index contributed by atoms with van der Waals surface area (Å²) < 4.78 is 14.6. The van der Waals surface area contributed by atoms with Crippen molar-refractivity contribution in [1.82, 2.24) is 25.6 Å². The Bertz CT molecular complexity index is 1180. The molecule has 2 heterocycles. The van der Waals surface area contributed by atoms with E-state index in [1.165, 1.54) is 35.1 Å². The maximum atomic E-state index is 13.2. The van der Waals surface area contributed by atoms with E-state index in [0.29, 0.717) is 16.6 Å². The van der Waals surface area contributed by atoms with E-state index in [1.807, 2.05) is 6.07 Å². The summed E-state index contributed by atoms with van der Waals surface area (Å²) in [6, 6.07) is 14.5. The average molecular weight is 379 g/mol. The van der Waals surface area contributed by atoms with Crippen molar-refractivity contribution >= 4 is 22.7 Å². The van der Waals surface area contributed by atoms with Gasteiger partial charge in [0.2, 0.25) is 0 Å². The molecule has 0 spiro atoms. The van der Waals surface area contributed by atoms with Gasteiger partial charge >= 0.3 is 0 Å². The molecule has 4 rings (SSSR count). The molecule has 0 radical (unpaired) electrons. The Morgan fingerprint density at radius 2 is 1.79 bits per heavy atom. The van der Waals surface area contributed by atoms with Crippen LogP contribution >= 0.6 is 0 Å². The van der Waals surface area contributed by atoms with Gasteiger partial charge in [-0.2, -0.15) is 5.10 Å². The van der Waals surface area contributed by atoms with E-state index in [9.17, 15) is 19.1 Å². The minimum atomic E-state index is -0.789. The Kier molecular flexibility index (Phi) is 4.24. The molecule has 0 atom stereocenters. The Morgan fingerprint density at radius 1 is 1.04 bits per heavy atom. The summed E-state index contributed by atoms with van der Waals surface area (Å²) in [7, 11) is 0. The normalized spacial score (nSPS) is 10.8. The first-order valence-corrected chi connectivity index (χ1v) is 8.24. The molecule has 2 aromatic carbocycles. The number of nitrogens with zero attached hydrogens (tertiary/aromatic N) is 2. The zero-order chi connectivity index (χ0) is 19.7. The summed E-state index contributed by atoms with van der Waals surface area (Å²) in [5.74, 6) is -2.18. The lowest BCUT2D eigenvalue weighted by Crippen LogP contribution is -2.42. The van der Waals surface area contributed by atoms with Gasteiger partial charge in [0.25, 0.3) is 11.8 Å². The molecule has 0 saturated heterocycles. The van der Waals surface area contributed by atoms with Crippen LogP contribution in [0.2, 0.25) is 0 Å². The number of para-hydroxylation sites is 1. The number of hydrogen-bond donors (Lipinski definition) is 4. The van der Waals surface area contributed by atoms with Crippen molar-refractivity contribution in [2.45, 2.75) is 0 Å². The predicted molar refractivity (Wildman–Crippen MR) is 98.4 cm³/mol. The first kappa shape index (κ1) is 17.3. The number of benzene rings is 2. The predicted octanol–water partition coefficient (Wildman–Crippen LogP) is 2.27. The molecule has 4 N–H and O–H groups in total. The molecular formula is C19H14FN5O3. The topological polar surface area (TPSA) is 112 Å². The van der Waals surface area contributed by atoms with Crippen LogP contribution in [-0.2, 0) is 0 Å². The molecule has 0 fully saturated rings. The van der Waals surface area contributed by atoms with E-state index in [1.54, 1.807) is 24.3 Å². The van der Waals surface area contributed by atoms with Crippen molar-refractivity contribution in [3.8, 4) is 11.4 Å². The third kappa shape index (κ3) is 3.28. The maximum absolute atomic E-state index is 13.2. The van der Waals surface area contributed by atoms with Crippen LogP contribution in [0.3, 0.4) is 0 Å². The van der Waals surface area contributed by atoms with Crippen LogP contribution in [-0.4, -0.2) is 31.7 Å². The highest BCUT2D eigenvalue weighted by Crippen LogP contribution is 2.18. The van der Waals surface area contributed by atoms with Crippen LogP contribution in [0.1, 0.15) is 21.0 Å². The van der Waals surface area contributed by atoms with Gasteiger partial charge in [0.1, 0.15) is 11.5 Å². The number of amides is 2. The van der Waals surface area contributed by atoms with Gasteiger partial charge in [-0.25, -0.2) is 9.07 Å². The van der Waals surface area contributed by atoms with E-state index in [2.05, 4.69) is 20.9 Å². The zero-order valence-electron chi connectivity index (χ0n) is 14.3. The minimum absolute atomic E-state index is 0.139. The van der Waals surface area contributed by atoms with Crippen molar-refractivity contribution in [3.63, 3.8) is 0 Å². The highest BCUT2D eigenvalue weighted by molar-refractivity contribution is 6.01. The van der Waals surface area contributed by atoms with Gasteiger partial charge in [0, 0.05) is 10.9 Å². The summed E-state index contributed by atoms with van der Waals surface area (Å²) in [4.78, 5) is 27.3. The fraction of sp³-hybridized carbons (Fsp3) is 0. The standard InChI is InChI=1S/C19H14FN5O3/c20-12-6-7-14-11(8-12)9-15(21-14)18(27)22-23-19(28)17-16(26)10-25(24-17)13-4-2-1-3-5-13/h1-10,21,26H,(H,22,27)(H,23,28). The van der Waals surface area contributed by atoms with Gasteiger partial charge in [-0.3, -0.25) is 20.4 Å². The number of carbonyl (C=O) groups is 2. The van der Waals surface area contributed by atoms with Gasteiger partial charge in [-0.15, -0.1) is 0 Å². The number of nitrogens with one attached hydrogen (secondary N) is 3. The second-order valence-electron chi connectivity index (χ2n) is 5.97. The van der Waals surface area contributed by atoms with Crippen molar-refractivity contribution in [2.75, 3.05) is 0 Å². The van der Waals surface area contributed by atoms with E-state index in [-0.39, 0.29) is 17.1 Å². The van der Waals surface area contributed by atoms with Crippen LogP contribution in [0.15, 0.2) is 60.8 Å². The fourth-order valence-electron chi connectivity index (χ4n) is 2.71. The average Bonchev–Trinajstić information content (AvgIpc) is 3.29. The second kappa shape index (κ2) is 6.88. The Morgan fingerprint density at radius 3 is 2.57 bits per heavy atom. The smallest absolute Gasteiger partial charge is 0.294 e. The van der Waals surface area contributed by atoms with E-state index < -0.39 is 17.6 Å². The molecule has 140 valence electrons. The summed E-state index contributed by atoms with van der Waals surface area (Å²) in [5, 5.41) is 14.5. The van der Waals surface area contributed by atoms with Crippen molar-refractivity contribution in [3.05, 3.63) is 78.0 Å².